The minimum atomic E-state index is 0.158. The largest absolute Gasteiger partial charge is 0.315 e. The molecule has 0 fully saturated rings. The van der Waals surface area contributed by atoms with E-state index in [1.165, 1.54) is 0 Å². The first kappa shape index (κ1) is 9.04. The minimum Gasteiger partial charge on any atom is -0.315 e. The molecule has 0 spiro atoms. The normalized spacial score (nSPS) is 10.2. The molecule has 2 nitrogen and oxygen atoms in total. The van der Waals surface area contributed by atoms with Gasteiger partial charge in [-0.3, -0.25) is 4.79 Å². The van der Waals surface area contributed by atoms with Crippen LogP contribution in [0.3, 0.4) is 0 Å². The molecule has 0 aliphatic carbocycles. The molecule has 66 valence electrons. The monoisotopic (exact) mass is 165 g/mol. The van der Waals surface area contributed by atoms with Crippen molar-refractivity contribution < 1.29 is 0 Å². The highest BCUT2D eigenvalue weighted by molar-refractivity contribution is 5.17. The van der Waals surface area contributed by atoms with Crippen LogP contribution in [-0.2, 0) is 13.0 Å². The third-order valence-corrected chi connectivity index (χ3v) is 2.02. The topological polar surface area (TPSA) is 22.0 Å². The van der Waals surface area contributed by atoms with E-state index in [9.17, 15) is 4.79 Å². The molecule has 0 atom stereocenters. The first-order valence-corrected chi connectivity index (χ1v) is 4.39. The number of rotatable bonds is 2. The fourth-order valence-corrected chi connectivity index (χ4v) is 1.35. The summed E-state index contributed by atoms with van der Waals surface area (Å²) in [5.74, 6) is 0. The Bertz CT molecular complexity index is 297. The van der Waals surface area contributed by atoms with Gasteiger partial charge < -0.3 is 4.57 Å². The van der Waals surface area contributed by atoms with E-state index >= 15 is 0 Å². The second kappa shape index (κ2) is 3.57. The van der Waals surface area contributed by atoms with Gasteiger partial charge in [0.05, 0.1) is 0 Å². The molecule has 2 heteroatoms. The summed E-state index contributed by atoms with van der Waals surface area (Å²) in [7, 11) is 0. The highest BCUT2D eigenvalue weighted by atomic mass is 16.1. The van der Waals surface area contributed by atoms with E-state index in [1.807, 2.05) is 33.0 Å². The van der Waals surface area contributed by atoms with E-state index in [4.69, 9.17) is 0 Å². The number of hydrogen-bond acceptors (Lipinski definition) is 1. The van der Waals surface area contributed by atoms with E-state index in [0.29, 0.717) is 0 Å². The summed E-state index contributed by atoms with van der Waals surface area (Å²) in [6, 6.07) is 1.97. The Balaban J connectivity index is 3.32. The molecule has 0 aliphatic heterocycles. The van der Waals surface area contributed by atoms with Gasteiger partial charge in [0.1, 0.15) is 0 Å². The highest BCUT2D eigenvalue weighted by Crippen LogP contribution is 1.99. The van der Waals surface area contributed by atoms with Gasteiger partial charge in [-0.05, 0) is 31.9 Å². The molecule has 0 unspecified atom stereocenters. The van der Waals surface area contributed by atoms with Crippen LogP contribution in [0.5, 0.6) is 0 Å². The fraction of sp³-hybridized carbons (Fsp3) is 0.500. The van der Waals surface area contributed by atoms with Crippen LogP contribution >= 0.6 is 0 Å². The molecule has 1 rings (SSSR count). The van der Waals surface area contributed by atoms with Crippen molar-refractivity contribution in [3.8, 4) is 0 Å². The molecule has 0 aliphatic rings. The Morgan fingerprint density at radius 1 is 1.42 bits per heavy atom. The van der Waals surface area contributed by atoms with E-state index in [0.717, 1.165) is 24.1 Å². The van der Waals surface area contributed by atoms with Crippen LogP contribution in [0.2, 0.25) is 0 Å². The molecule has 0 N–H and O–H groups in total. The second-order valence-electron chi connectivity index (χ2n) is 2.99. The van der Waals surface area contributed by atoms with Gasteiger partial charge in [-0.25, -0.2) is 0 Å². The highest BCUT2D eigenvalue weighted by Gasteiger charge is 2.00. The smallest absolute Gasteiger partial charge is 0.253 e. The second-order valence-corrected chi connectivity index (χ2v) is 2.99. The summed E-state index contributed by atoms with van der Waals surface area (Å²) in [6.45, 7) is 6.77. The van der Waals surface area contributed by atoms with Crippen molar-refractivity contribution in [1.29, 1.82) is 0 Å². The van der Waals surface area contributed by atoms with Crippen LogP contribution in [0.15, 0.2) is 17.1 Å². The molecular weight excluding hydrogens is 150 g/mol. The van der Waals surface area contributed by atoms with Gasteiger partial charge >= 0.3 is 0 Å². The average molecular weight is 165 g/mol. The Kier molecular flexibility index (Phi) is 2.69. The lowest BCUT2D eigenvalue weighted by Crippen LogP contribution is -2.22. The predicted octanol–water partition coefficient (Wildman–Crippen LogP) is 1.74. The van der Waals surface area contributed by atoms with E-state index < -0.39 is 0 Å². The van der Waals surface area contributed by atoms with Gasteiger partial charge in [0.25, 0.3) is 5.56 Å². The summed E-state index contributed by atoms with van der Waals surface area (Å²) in [6.07, 6.45) is 2.72. The standard InChI is InChI=1S/C10H15NO/c1-4-9-6-8(3)7-11(5-2)10(9)12/h6-7H,4-5H2,1-3H3. The zero-order valence-electron chi connectivity index (χ0n) is 7.92. The fourth-order valence-electron chi connectivity index (χ4n) is 1.35. The first-order valence-electron chi connectivity index (χ1n) is 4.39. The number of hydrogen-bond donors (Lipinski definition) is 0. The van der Waals surface area contributed by atoms with Gasteiger partial charge in [0.15, 0.2) is 0 Å². The lowest BCUT2D eigenvalue weighted by molar-refractivity contribution is 0.711. The molecule has 0 amide bonds. The lowest BCUT2D eigenvalue weighted by atomic mass is 10.2. The summed E-state index contributed by atoms with van der Waals surface area (Å²) < 4.78 is 1.76. The quantitative estimate of drug-likeness (QED) is 0.654. The van der Waals surface area contributed by atoms with Gasteiger partial charge in [-0.15, -0.1) is 0 Å². The number of aromatic nitrogens is 1. The molecule has 0 bridgehead atoms. The summed E-state index contributed by atoms with van der Waals surface area (Å²) in [5, 5.41) is 0. The van der Waals surface area contributed by atoms with Crippen molar-refractivity contribution in [1.82, 2.24) is 4.57 Å². The van der Waals surface area contributed by atoms with Crippen molar-refractivity contribution in [2.75, 3.05) is 0 Å². The SMILES string of the molecule is CCc1cc(C)cn(CC)c1=O. The summed E-state index contributed by atoms with van der Waals surface area (Å²) >= 11 is 0. The summed E-state index contributed by atoms with van der Waals surface area (Å²) in [5.41, 5.74) is 2.23. The predicted molar refractivity (Wildman–Crippen MR) is 50.5 cm³/mol. The molecule has 1 heterocycles. The van der Waals surface area contributed by atoms with Crippen molar-refractivity contribution in [3.63, 3.8) is 0 Å². The molecule has 1 aromatic rings. The Morgan fingerprint density at radius 2 is 2.08 bits per heavy atom. The van der Waals surface area contributed by atoms with Crippen LogP contribution in [0.4, 0.5) is 0 Å². The van der Waals surface area contributed by atoms with E-state index in [-0.39, 0.29) is 5.56 Å². The minimum absolute atomic E-state index is 0.158. The lowest BCUT2D eigenvalue weighted by Gasteiger charge is -2.05. The van der Waals surface area contributed by atoms with Crippen molar-refractivity contribution >= 4 is 0 Å². The van der Waals surface area contributed by atoms with Crippen LogP contribution in [0.1, 0.15) is 25.0 Å². The maximum atomic E-state index is 11.5. The number of nitrogens with zero attached hydrogens (tertiary/aromatic N) is 1. The Hall–Kier alpha value is -1.05. The van der Waals surface area contributed by atoms with Crippen molar-refractivity contribution in [3.05, 3.63) is 33.7 Å². The number of pyridine rings is 1. The maximum absolute atomic E-state index is 11.5. The van der Waals surface area contributed by atoms with Crippen molar-refractivity contribution in [2.24, 2.45) is 0 Å². The Labute approximate surface area is 72.8 Å². The molecule has 0 saturated heterocycles. The van der Waals surface area contributed by atoms with E-state index in [2.05, 4.69) is 0 Å². The van der Waals surface area contributed by atoms with Crippen LogP contribution < -0.4 is 5.56 Å². The van der Waals surface area contributed by atoms with Gasteiger partial charge in [-0.2, -0.15) is 0 Å². The zero-order valence-corrected chi connectivity index (χ0v) is 7.92. The average Bonchev–Trinajstić information content (AvgIpc) is 2.08. The number of aryl methyl sites for hydroxylation is 3. The Morgan fingerprint density at radius 3 is 2.58 bits per heavy atom. The summed E-state index contributed by atoms with van der Waals surface area (Å²) in [4.78, 5) is 11.5. The van der Waals surface area contributed by atoms with E-state index in [1.54, 1.807) is 4.57 Å². The van der Waals surface area contributed by atoms with Crippen molar-refractivity contribution in [2.45, 2.75) is 33.7 Å². The first-order chi connectivity index (χ1) is 5.69. The van der Waals surface area contributed by atoms with Gasteiger partial charge in [-0.1, -0.05) is 6.92 Å². The third-order valence-electron chi connectivity index (χ3n) is 2.02. The zero-order chi connectivity index (χ0) is 9.14. The molecule has 0 saturated carbocycles. The molecular formula is C10H15NO. The van der Waals surface area contributed by atoms with Crippen LogP contribution in [0.25, 0.3) is 0 Å². The molecule has 1 aromatic heterocycles. The van der Waals surface area contributed by atoms with Gasteiger partial charge in [0.2, 0.25) is 0 Å². The van der Waals surface area contributed by atoms with Crippen LogP contribution in [-0.4, -0.2) is 4.57 Å². The maximum Gasteiger partial charge on any atom is 0.253 e. The van der Waals surface area contributed by atoms with Gasteiger partial charge in [0, 0.05) is 18.3 Å². The molecule has 0 radical (unpaired) electrons. The van der Waals surface area contributed by atoms with Crippen LogP contribution in [0, 0.1) is 6.92 Å². The molecule has 0 aromatic carbocycles. The molecule has 12 heavy (non-hydrogen) atoms. The third kappa shape index (κ3) is 1.58.